The summed E-state index contributed by atoms with van der Waals surface area (Å²) in [4.78, 5) is 14.3. The number of unbranched alkanes of at least 4 members (excludes halogenated alkanes) is 2. The average Bonchev–Trinajstić information content (AvgIpc) is 2.58. The van der Waals surface area contributed by atoms with E-state index in [0.717, 1.165) is 13.0 Å². The van der Waals surface area contributed by atoms with Gasteiger partial charge in [0.1, 0.15) is 0 Å². The number of amides is 1. The van der Waals surface area contributed by atoms with Crippen LogP contribution in [-0.2, 0) is 4.79 Å². The van der Waals surface area contributed by atoms with Gasteiger partial charge >= 0.3 is 0 Å². The number of carbonyl (C=O) groups is 1. The molecule has 1 amide bonds. The molecule has 0 aromatic carbocycles. The Bertz CT molecular complexity index is 288. The van der Waals surface area contributed by atoms with Crippen molar-refractivity contribution >= 4 is 5.91 Å². The highest BCUT2D eigenvalue weighted by Crippen LogP contribution is 2.28. The second kappa shape index (κ2) is 6.05. The first-order valence-electron chi connectivity index (χ1n) is 7.39. The maximum absolute atomic E-state index is 12.3. The molecule has 1 atom stereocenters. The van der Waals surface area contributed by atoms with Crippen LogP contribution in [0.15, 0.2) is 0 Å². The normalized spacial score (nSPS) is 24.9. The molecule has 3 heteroatoms. The van der Waals surface area contributed by atoms with Crippen LogP contribution in [0.1, 0.15) is 66.7 Å². The van der Waals surface area contributed by atoms with Crippen LogP contribution in [0.5, 0.6) is 0 Å². The van der Waals surface area contributed by atoms with E-state index in [1.54, 1.807) is 0 Å². The van der Waals surface area contributed by atoms with Gasteiger partial charge < -0.3 is 4.90 Å². The minimum atomic E-state index is -0.334. The van der Waals surface area contributed by atoms with Crippen molar-refractivity contribution in [2.24, 2.45) is 5.41 Å². The van der Waals surface area contributed by atoms with Crippen molar-refractivity contribution in [1.82, 2.24) is 10.2 Å². The van der Waals surface area contributed by atoms with Gasteiger partial charge in [0.05, 0.1) is 12.2 Å². The second-order valence-corrected chi connectivity index (χ2v) is 6.64. The zero-order valence-corrected chi connectivity index (χ0v) is 12.8. The number of carbonyl (C=O) groups excluding carboxylic acids is 1. The lowest BCUT2D eigenvalue weighted by atomic mass is 9.86. The van der Waals surface area contributed by atoms with Crippen molar-refractivity contribution in [1.29, 1.82) is 0 Å². The van der Waals surface area contributed by atoms with Crippen LogP contribution in [0.4, 0.5) is 0 Å². The number of hydrogen-bond donors (Lipinski definition) is 1. The summed E-state index contributed by atoms with van der Waals surface area (Å²) in [7, 11) is 0. The van der Waals surface area contributed by atoms with Crippen LogP contribution in [-0.4, -0.2) is 29.6 Å². The maximum atomic E-state index is 12.3. The van der Waals surface area contributed by atoms with Crippen molar-refractivity contribution in [3.05, 3.63) is 0 Å². The van der Waals surface area contributed by atoms with Crippen LogP contribution in [0.3, 0.4) is 0 Å². The Hall–Kier alpha value is -0.570. The molecule has 0 spiro atoms. The van der Waals surface area contributed by atoms with E-state index in [9.17, 15) is 4.79 Å². The second-order valence-electron chi connectivity index (χ2n) is 6.64. The summed E-state index contributed by atoms with van der Waals surface area (Å²) in [6.45, 7) is 12.4. The highest BCUT2D eigenvalue weighted by Gasteiger charge is 2.42. The lowest BCUT2D eigenvalue weighted by Gasteiger charge is -2.30. The number of rotatable bonds is 7. The van der Waals surface area contributed by atoms with E-state index in [1.165, 1.54) is 25.7 Å². The summed E-state index contributed by atoms with van der Waals surface area (Å²) in [6.07, 6.45) is 5.88. The standard InChI is InChI=1S/C15H30N2O/c1-6-8-9-10-14(3,4)11-17-12-16-15(5,7-2)13(17)18/h16H,6-12H2,1-5H3. The Labute approximate surface area is 112 Å². The molecule has 0 aliphatic carbocycles. The van der Waals surface area contributed by atoms with Crippen LogP contribution < -0.4 is 5.32 Å². The molecule has 0 aromatic rings. The Balaban J connectivity index is 2.50. The quantitative estimate of drug-likeness (QED) is 0.708. The third-order valence-corrected chi connectivity index (χ3v) is 4.20. The fourth-order valence-corrected chi connectivity index (χ4v) is 2.62. The van der Waals surface area contributed by atoms with Gasteiger partial charge in [0, 0.05) is 6.54 Å². The van der Waals surface area contributed by atoms with Crippen LogP contribution in [0, 0.1) is 5.41 Å². The lowest BCUT2D eigenvalue weighted by molar-refractivity contribution is -0.133. The third-order valence-electron chi connectivity index (χ3n) is 4.20. The van der Waals surface area contributed by atoms with Gasteiger partial charge in [-0.2, -0.15) is 0 Å². The molecule has 3 nitrogen and oxygen atoms in total. The first-order chi connectivity index (χ1) is 8.34. The van der Waals surface area contributed by atoms with E-state index in [2.05, 4.69) is 33.0 Å². The maximum Gasteiger partial charge on any atom is 0.243 e. The van der Waals surface area contributed by atoms with Gasteiger partial charge in [-0.3, -0.25) is 10.1 Å². The number of nitrogens with one attached hydrogen (secondary N) is 1. The van der Waals surface area contributed by atoms with Crippen molar-refractivity contribution in [3.63, 3.8) is 0 Å². The summed E-state index contributed by atoms with van der Waals surface area (Å²) in [5, 5.41) is 3.35. The summed E-state index contributed by atoms with van der Waals surface area (Å²) >= 11 is 0. The fraction of sp³-hybridized carbons (Fsp3) is 0.933. The van der Waals surface area contributed by atoms with E-state index in [-0.39, 0.29) is 16.9 Å². The Morgan fingerprint density at radius 2 is 2.00 bits per heavy atom. The van der Waals surface area contributed by atoms with E-state index in [0.29, 0.717) is 6.67 Å². The molecule has 1 rings (SSSR count). The summed E-state index contributed by atoms with van der Waals surface area (Å²) in [6, 6.07) is 0. The predicted molar refractivity (Wildman–Crippen MR) is 76.3 cm³/mol. The van der Waals surface area contributed by atoms with Gasteiger partial charge in [-0.1, -0.05) is 47.0 Å². The van der Waals surface area contributed by atoms with E-state index in [4.69, 9.17) is 0 Å². The van der Waals surface area contributed by atoms with Crippen molar-refractivity contribution in [2.75, 3.05) is 13.2 Å². The van der Waals surface area contributed by atoms with Gasteiger partial charge in [0.25, 0.3) is 0 Å². The lowest BCUT2D eigenvalue weighted by Crippen LogP contribution is -2.44. The van der Waals surface area contributed by atoms with Crippen LogP contribution in [0.25, 0.3) is 0 Å². The fourth-order valence-electron chi connectivity index (χ4n) is 2.62. The Kier molecular flexibility index (Phi) is 5.20. The molecule has 0 saturated carbocycles. The Morgan fingerprint density at radius 1 is 1.33 bits per heavy atom. The number of nitrogens with zero attached hydrogens (tertiary/aromatic N) is 1. The highest BCUT2D eigenvalue weighted by atomic mass is 16.2. The average molecular weight is 254 g/mol. The van der Waals surface area contributed by atoms with Crippen LogP contribution >= 0.6 is 0 Å². The molecule has 0 radical (unpaired) electrons. The molecule has 106 valence electrons. The van der Waals surface area contributed by atoms with Crippen LogP contribution in [0.2, 0.25) is 0 Å². The molecule has 1 N–H and O–H groups in total. The monoisotopic (exact) mass is 254 g/mol. The zero-order valence-electron chi connectivity index (χ0n) is 12.8. The molecule has 0 aromatic heterocycles. The molecule has 18 heavy (non-hydrogen) atoms. The smallest absolute Gasteiger partial charge is 0.243 e. The van der Waals surface area contributed by atoms with E-state index >= 15 is 0 Å². The molecule has 1 fully saturated rings. The van der Waals surface area contributed by atoms with Crippen molar-refractivity contribution in [2.45, 2.75) is 72.3 Å². The topological polar surface area (TPSA) is 32.3 Å². The van der Waals surface area contributed by atoms with Gasteiger partial charge in [-0.05, 0) is 25.2 Å². The first-order valence-corrected chi connectivity index (χ1v) is 7.39. The van der Waals surface area contributed by atoms with Crippen molar-refractivity contribution in [3.8, 4) is 0 Å². The molecule has 1 aliphatic heterocycles. The van der Waals surface area contributed by atoms with Crippen molar-refractivity contribution < 1.29 is 4.79 Å². The molecular weight excluding hydrogens is 224 g/mol. The van der Waals surface area contributed by atoms with Gasteiger partial charge in [-0.25, -0.2) is 0 Å². The molecule has 1 unspecified atom stereocenters. The largest absolute Gasteiger partial charge is 0.328 e. The van der Waals surface area contributed by atoms with Gasteiger partial charge in [0.15, 0.2) is 0 Å². The number of hydrogen-bond acceptors (Lipinski definition) is 2. The summed E-state index contributed by atoms with van der Waals surface area (Å²) in [5.41, 5.74) is -0.106. The van der Waals surface area contributed by atoms with Gasteiger partial charge in [-0.15, -0.1) is 0 Å². The molecule has 1 saturated heterocycles. The highest BCUT2D eigenvalue weighted by molar-refractivity contribution is 5.87. The molecule has 1 aliphatic rings. The molecule has 1 heterocycles. The zero-order chi connectivity index (χ0) is 13.8. The van der Waals surface area contributed by atoms with E-state index in [1.807, 2.05) is 11.8 Å². The first kappa shape index (κ1) is 15.5. The van der Waals surface area contributed by atoms with E-state index < -0.39 is 0 Å². The Morgan fingerprint density at radius 3 is 2.50 bits per heavy atom. The SMILES string of the molecule is CCCCCC(C)(C)CN1CNC(C)(CC)C1=O. The predicted octanol–water partition coefficient (Wildman–Crippen LogP) is 3.15. The van der Waals surface area contributed by atoms with Gasteiger partial charge in [0.2, 0.25) is 5.91 Å². The summed E-state index contributed by atoms with van der Waals surface area (Å²) in [5.74, 6) is 0.272. The minimum absolute atomic E-state index is 0.228. The third kappa shape index (κ3) is 3.71. The molecular formula is C15H30N2O. The summed E-state index contributed by atoms with van der Waals surface area (Å²) < 4.78 is 0. The minimum Gasteiger partial charge on any atom is -0.328 e. The molecule has 0 bridgehead atoms.